The van der Waals surface area contributed by atoms with E-state index >= 15 is 0 Å². The Morgan fingerprint density at radius 1 is 0.946 bits per heavy atom. The molecule has 0 aliphatic carbocycles. The zero-order valence-corrected chi connectivity index (χ0v) is 22.6. The highest BCUT2D eigenvalue weighted by atomic mass is 32.2. The van der Waals surface area contributed by atoms with Crippen LogP contribution >= 0.6 is 11.3 Å². The summed E-state index contributed by atoms with van der Waals surface area (Å²) in [7, 11) is -3.56. The number of hydrogen-bond donors (Lipinski definition) is 0. The molecular weight excluding hydrogens is 508 g/mol. The highest BCUT2D eigenvalue weighted by molar-refractivity contribution is 7.89. The van der Waals surface area contributed by atoms with Gasteiger partial charge < -0.3 is 9.15 Å². The molecule has 0 saturated carbocycles. The Morgan fingerprint density at radius 3 is 2.30 bits per heavy atom. The number of morpholine rings is 1. The van der Waals surface area contributed by atoms with Crippen LogP contribution in [0.4, 0.5) is 5.69 Å². The third-order valence-corrected chi connectivity index (χ3v) is 8.78. The van der Waals surface area contributed by atoms with E-state index in [1.165, 1.54) is 21.2 Å². The van der Waals surface area contributed by atoms with Crippen molar-refractivity contribution < 1.29 is 17.6 Å². The molecule has 0 bridgehead atoms. The maximum absolute atomic E-state index is 13.0. The van der Waals surface area contributed by atoms with E-state index in [9.17, 15) is 8.42 Å². The van der Waals surface area contributed by atoms with Crippen molar-refractivity contribution in [3.63, 3.8) is 0 Å². The predicted molar refractivity (Wildman–Crippen MR) is 145 cm³/mol. The molecule has 10 heteroatoms. The Hall–Kier alpha value is -3.31. The van der Waals surface area contributed by atoms with Crippen molar-refractivity contribution in [1.29, 1.82) is 0 Å². The van der Waals surface area contributed by atoms with Crippen molar-refractivity contribution in [2.45, 2.75) is 25.7 Å². The summed E-state index contributed by atoms with van der Waals surface area (Å²) in [6.07, 6.45) is 0. The first kappa shape index (κ1) is 25.3. The normalized spacial score (nSPS) is 15.9. The molecule has 0 atom stereocenters. The van der Waals surface area contributed by atoms with E-state index in [-0.39, 0.29) is 4.90 Å². The number of hydrogen-bond acceptors (Lipinski definition) is 7. The number of aromatic nitrogens is 1. The predicted octanol–water partition coefficient (Wildman–Crippen LogP) is 4.95. The molecule has 37 heavy (non-hydrogen) atoms. The minimum absolute atomic E-state index is 0.245. The maximum atomic E-state index is 13.0. The Kier molecular flexibility index (Phi) is 7.25. The van der Waals surface area contributed by atoms with Crippen LogP contribution in [0.15, 0.2) is 85.5 Å². The summed E-state index contributed by atoms with van der Waals surface area (Å²) < 4.78 is 40.2. The van der Waals surface area contributed by atoms with Crippen LogP contribution in [0, 0.1) is 13.8 Å². The Morgan fingerprint density at radius 2 is 1.65 bits per heavy atom. The van der Waals surface area contributed by atoms with Gasteiger partial charge in [0.2, 0.25) is 14.8 Å². The third-order valence-electron chi connectivity index (χ3n) is 6.05. The molecule has 0 amide bonds. The number of ether oxygens (including phenoxy) is 1. The number of sulfonamides is 1. The van der Waals surface area contributed by atoms with Gasteiger partial charge in [-0.1, -0.05) is 29.8 Å². The van der Waals surface area contributed by atoms with Crippen molar-refractivity contribution in [3.8, 4) is 11.3 Å². The van der Waals surface area contributed by atoms with Gasteiger partial charge in [-0.3, -0.25) is 0 Å². The quantitative estimate of drug-likeness (QED) is 0.326. The van der Waals surface area contributed by atoms with Gasteiger partial charge in [0.15, 0.2) is 0 Å². The molecule has 1 saturated heterocycles. The monoisotopic (exact) mass is 536 g/mol. The molecule has 0 spiro atoms. The zero-order valence-electron chi connectivity index (χ0n) is 20.9. The zero-order chi connectivity index (χ0) is 26.0. The highest BCUT2D eigenvalue weighted by Crippen LogP contribution is 2.24. The van der Waals surface area contributed by atoms with Gasteiger partial charge in [-0.25, -0.2) is 18.1 Å². The largest absolute Gasteiger partial charge is 0.460 e. The second-order valence-electron chi connectivity index (χ2n) is 8.80. The second kappa shape index (κ2) is 10.6. The summed E-state index contributed by atoms with van der Waals surface area (Å²) in [4.78, 5) is 5.71. The van der Waals surface area contributed by atoms with Crippen LogP contribution in [-0.4, -0.2) is 49.4 Å². The molecule has 1 aliphatic rings. The van der Waals surface area contributed by atoms with Crippen LogP contribution in [0.1, 0.15) is 24.0 Å². The Balaban J connectivity index is 1.54. The van der Waals surface area contributed by atoms with E-state index in [0.717, 1.165) is 17.0 Å². The molecule has 3 heterocycles. The van der Waals surface area contributed by atoms with Crippen LogP contribution in [-0.2, 0) is 14.8 Å². The number of furan rings is 1. The topological polar surface area (TPSA) is 89.4 Å². The summed E-state index contributed by atoms with van der Waals surface area (Å²) in [5.74, 6) is 1.50. The van der Waals surface area contributed by atoms with Crippen molar-refractivity contribution in [3.05, 3.63) is 87.9 Å². The molecule has 4 aromatic rings. The minimum atomic E-state index is -3.56. The molecule has 1 aliphatic heterocycles. The summed E-state index contributed by atoms with van der Waals surface area (Å²) in [5, 5.41) is 6.88. The van der Waals surface area contributed by atoms with E-state index in [2.05, 4.69) is 31.2 Å². The summed E-state index contributed by atoms with van der Waals surface area (Å²) in [5.41, 5.74) is 4.44. The van der Waals surface area contributed by atoms with Gasteiger partial charge in [-0.05, 0) is 57.2 Å². The van der Waals surface area contributed by atoms with Gasteiger partial charge >= 0.3 is 0 Å². The van der Waals surface area contributed by atoms with Crippen molar-refractivity contribution in [2.75, 3.05) is 26.3 Å². The van der Waals surface area contributed by atoms with Crippen LogP contribution in [0.5, 0.6) is 0 Å². The van der Waals surface area contributed by atoms with Crippen LogP contribution in [0.3, 0.4) is 0 Å². The molecule has 0 unspecified atom stereocenters. The number of aryl methyl sites for hydroxylation is 2. The molecular formula is C27H28N4O4S2. The molecule has 2 aromatic carbocycles. The SMILES string of the molecule is CC(=Nn1c(-c2ccc(C)cc2)csc1=Nc1ccc(S(=O)(=O)N2CCOCC2)cc1)c1ccc(C)o1. The maximum Gasteiger partial charge on any atom is 0.243 e. The Labute approximate surface area is 220 Å². The average molecular weight is 537 g/mol. The van der Waals surface area contributed by atoms with Crippen LogP contribution < -0.4 is 4.80 Å². The van der Waals surface area contributed by atoms with E-state index in [0.29, 0.717) is 48.3 Å². The first-order valence-corrected chi connectivity index (χ1v) is 14.3. The molecule has 2 aromatic heterocycles. The van der Waals surface area contributed by atoms with Gasteiger partial charge in [0.05, 0.1) is 29.5 Å². The smallest absolute Gasteiger partial charge is 0.243 e. The van der Waals surface area contributed by atoms with Gasteiger partial charge in [-0.15, -0.1) is 11.3 Å². The third kappa shape index (κ3) is 5.52. The lowest BCUT2D eigenvalue weighted by atomic mass is 10.1. The molecule has 8 nitrogen and oxygen atoms in total. The van der Waals surface area contributed by atoms with Gasteiger partial charge in [0.25, 0.3) is 0 Å². The van der Waals surface area contributed by atoms with Gasteiger partial charge in [0.1, 0.15) is 17.2 Å². The van der Waals surface area contributed by atoms with Crippen molar-refractivity contribution in [2.24, 2.45) is 10.1 Å². The van der Waals surface area contributed by atoms with E-state index < -0.39 is 10.0 Å². The number of benzene rings is 2. The lowest BCUT2D eigenvalue weighted by Gasteiger charge is -2.26. The molecule has 5 rings (SSSR count). The summed E-state index contributed by atoms with van der Waals surface area (Å²) >= 11 is 1.46. The van der Waals surface area contributed by atoms with Crippen molar-refractivity contribution >= 4 is 32.8 Å². The Bertz CT molecular complexity index is 1590. The van der Waals surface area contributed by atoms with Crippen LogP contribution in [0.2, 0.25) is 0 Å². The molecule has 192 valence electrons. The first-order valence-electron chi connectivity index (χ1n) is 11.9. The van der Waals surface area contributed by atoms with Crippen LogP contribution in [0.25, 0.3) is 11.3 Å². The standard InChI is InChI=1S/C27H28N4O4S2/c1-19-4-7-22(8-5-19)25-18-36-27(31(25)29-21(3)26-13-6-20(2)35-26)28-23-9-11-24(12-10-23)37(32,33)30-14-16-34-17-15-30/h4-13,18H,14-17H2,1-3H3. The highest BCUT2D eigenvalue weighted by Gasteiger charge is 2.26. The molecule has 0 radical (unpaired) electrons. The van der Waals surface area contributed by atoms with Gasteiger partial charge in [0, 0.05) is 24.0 Å². The van der Waals surface area contributed by atoms with E-state index in [1.807, 2.05) is 31.4 Å². The fourth-order valence-electron chi connectivity index (χ4n) is 3.96. The van der Waals surface area contributed by atoms with Gasteiger partial charge in [-0.2, -0.15) is 9.41 Å². The number of thiazole rings is 1. The number of rotatable bonds is 6. The fraction of sp³-hybridized carbons (Fsp3) is 0.259. The summed E-state index contributed by atoms with van der Waals surface area (Å²) in [6.45, 7) is 7.39. The lowest BCUT2D eigenvalue weighted by molar-refractivity contribution is 0.0730. The fourth-order valence-corrected chi connectivity index (χ4v) is 6.22. The number of nitrogens with zero attached hydrogens (tertiary/aromatic N) is 4. The average Bonchev–Trinajstić information content (AvgIpc) is 3.52. The lowest BCUT2D eigenvalue weighted by Crippen LogP contribution is -2.40. The second-order valence-corrected chi connectivity index (χ2v) is 11.6. The molecule has 1 fully saturated rings. The minimum Gasteiger partial charge on any atom is -0.460 e. The van der Waals surface area contributed by atoms with E-state index in [1.54, 1.807) is 28.9 Å². The van der Waals surface area contributed by atoms with Crippen molar-refractivity contribution in [1.82, 2.24) is 8.98 Å². The summed E-state index contributed by atoms with van der Waals surface area (Å²) in [6, 6.07) is 18.7. The molecule has 0 N–H and O–H groups in total. The first-order chi connectivity index (χ1) is 17.8. The van der Waals surface area contributed by atoms with E-state index in [4.69, 9.17) is 19.2 Å².